The van der Waals surface area contributed by atoms with E-state index in [1.165, 1.54) is 6.08 Å². The van der Waals surface area contributed by atoms with Gasteiger partial charge in [0, 0.05) is 37.6 Å². The Kier molecular flexibility index (Phi) is 6.59. The number of aromatic nitrogens is 2. The molecular formula is C31H32N6O3. The first-order valence-electron chi connectivity index (χ1n) is 13.4. The van der Waals surface area contributed by atoms with Crippen LogP contribution in [0.25, 0.3) is 32.8 Å². The number of hydrogen-bond acceptors (Lipinski definition) is 7. The number of anilines is 1. The van der Waals surface area contributed by atoms with Crippen LogP contribution in [0.2, 0.25) is 0 Å². The molecule has 0 radical (unpaired) electrons. The summed E-state index contributed by atoms with van der Waals surface area (Å²) in [7, 11) is 4.05. The zero-order valence-corrected chi connectivity index (χ0v) is 22.7. The van der Waals surface area contributed by atoms with Crippen molar-refractivity contribution in [1.82, 2.24) is 24.7 Å². The molecule has 6 rings (SSSR count). The summed E-state index contributed by atoms with van der Waals surface area (Å²) in [4.78, 5) is 40.3. The molecule has 204 valence electrons. The molecule has 2 N–H and O–H groups in total. The van der Waals surface area contributed by atoms with E-state index in [9.17, 15) is 14.7 Å². The van der Waals surface area contributed by atoms with Gasteiger partial charge in [-0.2, -0.15) is 0 Å². The maximum Gasteiger partial charge on any atom is 0.246 e. The number of amides is 2. The van der Waals surface area contributed by atoms with E-state index in [1.54, 1.807) is 17.0 Å². The zero-order valence-electron chi connectivity index (χ0n) is 22.7. The van der Waals surface area contributed by atoms with Gasteiger partial charge in [0.1, 0.15) is 17.4 Å². The summed E-state index contributed by atoms with van der Waals surface area (Å²) < 4.78 is 0. The third-order valence-corrected chi connectivity index (χ3v) is 7.96. The number of fused-ring (bicyclic) bond motifs is 2. The highest BCUT2D eigenvalue weighted by atomic mass is 16.3. The third-order valence-electron chi connectivity index (χ3n) is 7.96. The summed E-state index contributed by atoms with van der Waals surface area (Å²) in [6.07, 6.45) is 1.32. The first kappa shape index (κ1) is 25.8. The first-order valence-corrected chi connectivity index (χ1v) is 13.4. The fourth-order valence-corrected chi connectivity index (χ4v) is 5.37. The van der Waals surface area contributed by atoms with Gasteiger partial charge in [-0.15, -0.1) is 0 Å². The summed E-state index contributed by atoms with van der Waals surface area (Å²) in [6.45, 7) is 6.18. The van der Waals surface area contributed by atoms with Gasteiger partial charge in [-0.3, -0.25) is 9.59 Å². The van der Waals surface area contributed by atoms with Crippen LogP contribution in [0, 0.1) is 0 Å². The van der Waals surface area contributed by atoms with Crippen LogP contribution in [0.1, 0.15) is 11.7 Å². The summed E-state index contributed by atoms with van der Waals surface area (Å²) in [6, 6.07) is 17.8. The van der Waals surface area contributed by atoms with E-state index in [2.05, 4.69) is 16.8 Å². The van der Waals surface area contributed by atoms with Crippen molar-refractivity contribution >= 4 is 39.3 Å². The SMILES string of the molecule is C=CC(=O)N1CC(c2nc(NCC(=O)N3CC(N(C)C)C3)c3cc(-c4cc(O)cc5ccccc45)ccc3n2)C1. The van der Waals surface area contributed by atoms with Crippen molar-refractivity contribution in [2.45, 2.75) is 12.0 Å². The van der Waals surface area contributed by atoms with Gasteiger partial charge in [0.05, 0.1) is 18.0 Å². The number of nitrogens with zero attached hydrogens (tertiary/aromatic N) is 5. The number of nitrogens with one attached hydrogen (secondary N) is 1. The number of rotatable bonds is 7. The largest absolute Gasteiger partial charge is 0.508 e. The predicted molar refractivity (Wildman–Crippen MR) is 156 cm³/mol. The van der Waals surface area contributed by atoms with E-state index in [1.807, 2.05) is 61.5 Å². The molecule has 0 bridgehead atoms. The smallest absolute Gasteiger partial charge is 0.246 e. The lowest BCUT2D eigenvalue weighted by Gasteiger charge is -2.42. The fourth-order valence-electron chi connectivity index (χ4n) is 5.37. The van der Waals surface area contributed by atoms with Crippen LogP contribution in [0.15, 0.2) is 67.3 Å². The molecule has 2 amide bonds. The van der Waals surface area contributed by atoms with Crippen molar-refractivity contribution < 1.29 is 14.7 Å². The van der Waals surface area contributed by atoms with Crippen molar-refractivity contribution in [1.29, 1.82) is 0 Å². The maximum atomic E-state index is 12.9. The van der Waals surface area contributed by atoms with Crippen molar-refractivity contribution in [3.63, 3.8) is 0 Å². The minimum Gasteiger partial charge on any atom is -0.508 e. The highest BCUT2D eigenvalue weighted by Crippen LogP contribution is 2.36. The number of carbonyl (C=O) groups is 2. The summed E-state index contributed by atoms with van der Waals surface area (Å²) >= 11 is 0. The second-order valence-electron chi connectivity index (χ2n) is 10.8. The molecule has 2 aliphatic heterocycles. The Labute approximate surface area is 232 Å². The van der Waals surface area contributed by atoms with Gasteiger partial charge >= 0.3 is 0 Å². The number of hydrogen-bond donors (Lipinski definition) is 2. The van der Waals surface area contributed by atoms with E-state index in [0.29, 0.717) is 43.9 Å². The van der Waals surface area contributed by atoms with Crippen molar-refractivity contribution in [3.8, 4) is 16.9 Å². The van der Waals surface area contributed by atoms with Crippen molar-refractivity contribution in [2.75, 3.05) is 52.1 Å². The molecule has 4 aromatic rings. The Morgan fingerprint density at radius 1 is 1.02 bits per heavy atom. The second-order valence-corrected chi connectivity index (χ2v) is 10.8. The van der Waals surface area contributed by atoms with Crippen LogP contribution in [0.3, 0.4) is 0 Å². The first-order chi connectivity index (χ1) is 19.3. The van der Waals surface area contributed by atoms with E-state index < -0.39 is 0 Å². The van der Waals surface area contributed by atoms with Gasteiger partial charge < -0.3 is 25.1 Å². The Balaban J connectivity index is 1.35. The Morgan fingerprint density at radius 2 is 1.80 bits per heavy atom. The normalized spacial score (nSPS) is 15.8. The third kappa shape index (κ3) is 4.73. The van der Waals surface area contributed by atoms with Crippen LogP contribution in [-0.2, 0) is 9.59 Å². The number of carbonyl (C=O) groups excluding carboxylic acids is 2. The minimum atomic E-state index is -0.102. The van der Waals surface area contributed by atoms with Crippen LogP contribution in [0.4, 0.5) is 5.82 Å². The van der Waals surface area contributed by atoms with Crippen LogP contribution in [-0.4, -0.2) is 94.4 Å². The summed E-state index contributed by atoms with van der Waals surface area (Å²) in [5, 5.41) is 16.5. The van der Waals surface area contributed by atoms with E-state index in [0.717, 1.165) is 32.8 Å². The lowest BCUT2D eigenvalue weighted by molar-refractivity contribution is -0.136. The molecule has 2 fully saturated rings. The Morgan fingerprint density at radius 3 is 2.55 bits per heavy atom. The number of phenols is 1. The van der Waals surface area contributed by atoms with Gasteiger partial charge in [0.15, 0.2) is 0 Å². The van der Waals surface area contributed by atoms with Crippen LogP contribution >= 0.6 is 0 Å². The maximum absolute atomic E-state index is 12.9. The van der Waals surface area contributed by atoms with Crippen LogP contribution < -0.4 is 5.32 Å². The van der Waals surface area contributed by atoms with Crippen LogP contribution in [0.5, 0.6) is 5.75 Å². The molecule has 1 aromatic heterocycles. The highest BCUT2D eigenvalue weighted by molar-refractivity contribution is 6.01. The van der Waals surface area contributed by atoms with Gasteiger partial charge in [0.2, 0.25) is 11.8 Å². The van der Waals surface area contributed by atoms with Gasteiger partial charge in [-0.05, 0) is 66.3 Å². The Hall–Kier alpha value is -4.50. The van der Waals surface area contributed by atoms with Gasteiger partial charge in [0.25, 0.3) is 0 Å². The van der Waals surface area contributed by atoms with Gasteiger partial charge in [-0.1, -0.05) is 36.9 Å². The number of likely N-dealkylation sites (N-methyl/N-ethyl adjacent to an activating group) is 1. The molecule has 3 heterocycles. The number of likely N-dealkylation sites (tertiary alicyclic amines) is 2. The molecule has 9 heteroatoms. The fraction of sp³-hybridized carbons (Fsp3) is 0.290. The lowest BCUT2D eigenvalue weighted by atomic mass is 9.96. The average molecular weight is 537 g/mol. The molecule has 2 saturated heterocycles. The van der Waals surface area contributed by atoms with E-state index in [-0.39, 0.29) is 30.0 Å². The quantitative estimate of drug-likeness (QED) is 0.349. The van der Waals surface area contributed by atoms with Gasteiger partial charge in [-0.25, -0.2) is 9.97 Å². The topological polar surface area (TPSA) is 102 Å². The number of aromatic hydroxyl groups is 1. The molecular weight excluding hydrogens is 504 g/mol. The number of benzene rings is 3. The minimum absolute atomic E-state index is 0.00970. The molecule has 9 nitrogen and oxygen atoms in total. The molecule has 2 aliphatic rings. The van der Waals surface area contributed by atoms with E-state index in [4.69, 9.17) is 9.97 Å². The molecule has 0 aliphatic carbocycles. The molecule has 0 unspecified atom stereocenters. The summed E-state index contributed by atoms with van der Waals surface area (Å²) in [5.41, 5.74) is 2.56. The van der Waals surface area contributed by atoms with Crippen molar-refractivity contribution in [3.05, 3.63) is 73.1 Å². The molecule has 0 atom stereocenters. The Bertz CT molecular complexity index is 1640. The lowest BCUT2D eigenvalue weighted by Crippen LogP contribution is -2.60. The highest BCUT2D eigenvalue weighted by Gasteiger charge is 2.34. The van der Waals surface area contributed by atoms with Crippen molar-refractivity contribution in [2.24, 2.45) is 0 Å². The monoisotopic (exact) mass is 536 g/mol. The standard InChI is InChI=1S/C31H32N6O3/c1-4-28(39)36-15-21(16-36)30-33-27-10-9-20(25-13-23(38)11-19-7-5-6-8-24(19)25)12-26(27)31(34-30)32-14-29(40)37-17-22(18-37)35(2)3/h4-13,21-22,38H,1,14-18H2,2-3H3,(H,32,33,34). The second kappa shape index (κ2) is 10.2. The average Bonchev–Trinajstić information content (AvgIpc) is 2.89. The number of phenolic OH excluding ortho intramolecular Hbond substituents is 1. The van der Waals surface area contributed by atoms with E-state index >= 15 is 0 Å². The molecule has 3 aromatic carbocycles. The molecule has 0 saturated carbocycles. The molecule has 40 heavy (non-hydrogen) atoms. The molecule has 0 spiro atoms. The predicted octanol–water partition coefficient (Wildman–Crippen LogP) is 3.45. The zero-order chi connectivity index (χ0) is 28.0. The summed E-state index contributed by atoms with van der Waals surface area (Å²) in [5.74, 6) is 1.34.